The third-order valence-corrected chi connectivity index (χ3v) is 3.46. The molecule has 1 saturated carbocycles. The van der Waals surface area contributed by atoms with Crippen LogP contribution in [0.1, 0.15) is 52.9 Å². The molecule has 12 heavy (non-hydrogen) atoms. The van der Waals surface area contributed by atoms with Crippen molar-refractivity contribution in [1.29, 1.82) is 0 Å². The van der Waals surface area contributed by atoms with Crippen molar-refractivity contribution in [3.05, 3.63) is 0 Å². The Morgan fingerprint density at radius 1 is 1.00 bits per heavy atom. The van der Waals surface area contributed by atoms with E-state index in [1.54, 1.807) is 0 Å². The van der Waals surface area contributed by atoms with Gasteiger partial charge in [0.2, 0.25) is 0 Å². The monoisotopic (exact) mass is 169 g/mol. The van der Waals surface area contributed by atoms with Crippen molar-refractivity contribution in [2.24, 2.45) is 0 Å². The lowest BCUT2D eigenvalue weighted by molar-refractivity contribution is 0.0768. The van der Waals surface area contributed by atoms with E-state index in [9.17, 15) is 0 Å². The molecule has 1 fully saturated rings. The van der Waals surface area contributed by atoms with Gasteiger partial charge in [0.15, 0.2) is 0 Å². The topological polar surface area (TPSA) is 3.24 Å². The van der Waals surface area contributed by atoms with Crippen LogP contribution >= 0.6 is 0 Å². The molecule has 0 N–H and O–H groups in total. The molecule has 0 unspecified atom stereocenters. The van der Waals surface area contributed by atoms with E-state index >= 15 is 0 Å². The summed E-state index contributed by atoms with van der Waals surface area (Å²) in [6.07, 6.45) is 7.15. The van der Waals surface area contributed by atoms with Crippen molar-refractivity contribution >= 4 is 0 Å². The third-order valence-electron chi connectivity index (χ3n) is 3.46. The summed E-state index contributed by atoms with van der Waals surface area (Å²) in [6.45, 7) is 9.44. The first-order chi connectivity index (χ1) is 5.73. The van der Waals surface area contributed by atoms with Crippen LogP contribution in [0.25, 0.3) is 0 Å². The zero-order valence-corrected chi connectivity index (χ0v) is 8.90. The van der Waals surface area contributed by atoms with Gasteiger partial charge in [0.05, 0.1) is 0 Å². The van der Waals surface area contributed by atoms with Gasteiger partial charge in [-0.2, -0.15) is 0 Å². The Bertz CT molecular complexity index is 121. The standard InChI is InChI=1S/C11H23N/c1-4-12(5-2)11(3)9-7-6-8-10-11/h4-10H2,1-3H3. The van der Waals surface area contributed by atoms with Crippen LogP contribution < -0.4 is 0 Å². The molecule has 1 rings (SSSR count). The quantitative estimate of drug-likeness (QED) is 0.627. The molecule has 1 aliphatic rings. The maximum atomic E-state index is 2.63. The summed E-state index contributed by atoms with van der Waals surface area (Å²) in [7, 11) is 0. The Balaban J connectivity index is 2.53. The number of hydrogen-bond donors (Lipinski definition) is 0. The van der Waals surface area contributed by atoms with Crippen molar-refractivity contribution in [2.75, 3.05) is 13.1 Å². The van der Waals surface area contributed by atoms with Gasteiger partial charge in [-0.05, 0) is 32.9 Å². The molecular formula is C11H23N. The second-order valence-electron chi connectivity index (χ2n) is 4.23. The molecule has 0 bridgehead atoms. The largest absolute Gasteiger partial charge is 0.298 e. The first kappa shape index (κ1) is 10.0. The zero-order chi connectivity index (χ0) is 9.03. The van der Waals surface area contributed by atoms with Crippen molar-refractivity contribution < 1.29 is 0 Å². The Morgan fingerprint density at radius 2 is 1.50 bits per heavy atom. The highest BCUT2D eigenvalue weighted by atomic mass is 15.2. The predicted octanol–water partition coefficient (Wildman–Crippen LogP) is 3.05. The van der Waals surface area contributed by atoms with Crippen LogP contribution in [0.2, 0.25) is 0 Å². The Hall–Kier alpha value is -0.0400. The SMILES string of the molecule is CCN(CC)C1(C)CCCCC1. The Morgan fingerprint density at radius 3 is 1.92 bits per heavy atom. The summed E-state index contributed by atoms with van der Waals surface area (Å²) in [6, 6.07) is 0. The molecule has 1 aliphatic carbocycles. The normalized spacial score (nSPS) is 23.0. The van der Waals surface area contributed by atoms with Crippen LogP contribution in [-0.2, 0) is 0 Å². The molecule has 1 nitrogen and oxygen atoms in total. The molecular weight excluding hydrogens is 146 g/mol. The van der Waals surface area contributed by atoms with E-state index in [2.05, 4.69) is 25.7 Å². The second kappa shape index (κ2) is 4.27. The maximum Gasteiger partial charge on any atom is 0.0181 e. The van der Waals surface area contributed by atoms with Gasteiger partial charge in [-0.3, -0.25) is 4.90 Å². The molecule has 0 aromatic heterocycles. The van der Waals surface area contributed by atoms with Crippen LogP contribution in [0.3, 0.4) is 0 Å². The molecule has 0 radical (unpaired) electrons. The molecule has 0 aromatic rings. The first-order valence-corrected chi connectivity index (χ1v) is 5.48. The van der Waals surface area contributed by atoms with E-state index < -0.39 is 0 Å². The summed E-state index contributed by atoms with van der Waals surface area (Å²) in [5, 5.41) is 0. The fourth-order valence-electron chi connectivity index (χ4n) is 2.62. The highest BCUT2D eigenvalue weighted by molar-refractivity contribution is 4.87. The van der Waals surface area contributed by atoms with Crippen molar-refractivity contribution in [3.8, 4) is 0 Å². The summed E-state index contributed by atoms with van der Waals surface area (Å²) >= 11 is 0. The van der Waals surface area contributed by atoms with E-state index in [1.165, 1.54) is 45.2 Å². The smallest absolute Gasteiger partial charge is 0.0181 e. The predicted molar refractivity (Wildman–Crippen MR) is 54.4 cm³/mol. The zero-order valence-electron chi connectivity index (χ0n) is 8.90. The Kier molecular flexibility index (Phi) is 3.57. The molecule has 0 heterocycles. The highest BCUT2D eigenvalue weighted by Crippen LogP contribution is 2.32. The van der Waals surface area contributed by atoms with Crippen LogP contribution in [-0.4, -0.2) is 23.5 Å². The molecule has 0 aliphatic heterocycles. The minimum atomic E-state index is 0.530. The van der Waals surface area contributed by atoms with Crippen LogP contribution in [0.15, 0.2) is 0 Å². The van der Waals surface area contributed by atoms with Gasteiger partial charge >= 0.3 is 0 Å². The van der Waals surface area contributed by atoms with Gasteiger partial charge < -0.3 is 0 Å². The van der Waals surface area contributed by atoms with Crippen molar-refractivity contribution in [3.63, 3.8) is 0 Å². The van der Waals surface area contributed by atoms with E-state index in [4.69, 9.17) is 0 Å². The Labute approximate surface area is 77.1 Å². The molecule has 0 aromatic carbocycles. The summed E-state index contributed by atoms with van der Waals surface area (Å²) in [5.74, 6) is 0. The van der Waals surface area contributed by atoms with E-state index in [-0.39, 0.29) is 0 Å². The molecule has 0 amide bonds. The minimum Gasteiger partial charge on any atom is -0.298 e. The summed E-state index contributed by atoms with van der Waals surface area (Å²) in [5.41, 5.74) is 0.530. The van der Waals surface area contributed by atoms with Gasteiger partial charge in [-0.25, -0.2) is 0 Å². The van der Waals surface area contributed by atoms with E-state index in [0.717, 1.165) is 0 Å². The van der Waals surface area contributed by atoms with Gasteiger partial charge in [0.25, 0.3) is 0 Å². The average Bonchev–Trinajstić information content (AvgIpc) is 2.07. The van der Waals surface area contributed by atoms with Crippen LogP contribution in [0.5, 0.6) is 0 Å². The third kappa shape index (κ3) is 2.01. The molecule has 0 spiro atoms. The van der Waals surface area contributed by atoms with Crippen molar-refractivity contribution in [2.45, 2.75) is 58.4 Å². The molecule has 0 atom stereocenters. The van der Waals surface area contributed by atoms with Crippen molar-refractivity contribution in [1.82, 2.24) is 4.90 Å². The van der Waals surface area contributed by atoms with Crippen LogP contribution in [0, 0.1) is 0 Å². The van der Waals surface area contributed by atoms with Crippen LogP contribution in [0.4, 0.5) is 0 Å². The van der Waals surface area contributed by atoms with Gasteiger partial charge in [0, 0.05) is 5.54 Å². The minimum absolute atomic E-state index is 0.530. The fraction of sp³-hybridized carbons (Fsp3) is 1.00. The number of rotatable bonds is 3. The van der Waals surface area contributed by atoms with Gasteiger partial charge in [-0.1, -0.05) is 33.1 Å². The number of hydrogen-bond acceptors (Lipinski definition) is 1. The van der Waals surface area contributed by atoms with Gasteiger partial charge in [0.1, 0.15) is 0 Å². The van der Waals surface area contributed by atoms with Gasteiger partial charge in [-0.15, -0.1) is 0 Å². The van der Waals surface area contributed by atoms with E-state index in [1.807, 2.05) is 0 Å². The lowest BCUT2D eigenvalue weighted by Crippen LogP contribution is -2.47. The van der Waals surface area contributed by atoms with E-state index in [0.29, 0.717) is 5.54 Å². The number of nitrogens with zero attached hydrogens (tertiary/aromatic N) is 1. The summed E-state index contributed by atoms with van der Waals surface area (Å²) < 4.78 is 0. The molecule has 1 heteroatoms. The molecule has 0 saturated heterocycles. The lowest BCUT2D eigenvalue weighted by Gasteiger charge is -2.43. The second-order valence-corrected chi connectivity index (χ2v) is 4.23. The first-order valence-electron chi connectivity index (χ1n) is 5.48. The molecule has 72 valence electrons. The maximum absolute atomic E-state index is 2.63. The average molecular weight is 169 g/mol. The fourth-order valence-corrected chi connectivity index (χ4v) is 2.62. The lowest BCUT2D eigenvalue weighted by atomic mass is 9.82. The highest BCUT2D eigenvalue weighted by Gasteiger charge is 2.30. The summed E-state index contributed by atoms with van der Waals surface area (Å²) in [4.78, 5) is 2.63.